The number of carbonyl (C=O) groups is 1. The lowest BCUT2D eigenvalue weighted by atomic mass is 9.86. The van der Waals surface area contributed by atoms with Gasteiger partial charge in [0.1, 0.15) is 11.6 Å². The molecule has 38 heavy (non-hydrogen) atoms. The smallest absolute Gasteiger partial charge is 0.415 e. The molecule has 4 rings (SSSR count). The maximum absolute atomic E-state index is 14.1. The molecule has 3 aromatic rings. The molecule has 4 N–H and O–H groups in total. The highest BCUT2D eigenvalue weighted by atomic mass is 32.2. The Morgan fingerprint density at radius 1 is 0.974 bits per heavy atom. The average Bonchev–Trinajstić information content (AvgIpc) is 2.86. The molecule has 0 saturated heterocycles. The molecule has 0 spiro atoms. The highest BCUT2D eigenvalue weighted by molar-refractivity contribution is 7.92. The van der Waals surface area contributed by atoms with Crippen LogP contribution in [-0.4, -0.2) is 31.3 Å². The second-order valence-corrected chi connectivity index (χ2v) is 10.1. The van der Waals surface area contributed by atoms with Gasteiger partial charge in [-0.3, -0.25) is 4.72 Å². The highest BCUT2D eigenvalue weighted by Crippen LogP contribution is 2.39. The normalized spacial score (nSPS) is 17.4. The monoisotopic (exact) mass is 547 g/mol. The fourth-order valence-corrected chi connectivity index (χ4v) is 4.80. The molecule has 0 aliphatic heterocycles. The number of benzene rings is 3. The lowest BCUT2D eigenvalue weighted by Gasteiger charge is -2.35. The molecule has 0 fully saturated rings. The van der Waals surface area contributed by atoms with E-state index in [0.717, 1.165) is 48.0 Å². The number of anilines is 2. The molecular weight excluding hydrogens is 526 g/mol. The van der Waals surface area contributed by atoms with Crippen molar-refractivity contribution >= 4 is 33.0 Å². The second kappa shape index (κ2) is 10.2. The van der Waals surface area contributed by atoms with E-state index in [1.165, 1.54) is 18.2 Å². The van der Waals surface area contributed by atoms with Gasteiger partial charge in [0.15, 0.2) is 5.54 Å². The Hall–Kier alpha value is -4.32. The first-order chi connectivity index (χ1) is 17.9. The van der Waals surface area contributed by atoms with Gasteiger partial charge < -0.3 is 15.7 Å². The standard InChI is InChI=1S/C26H21F4N3O4S/c27-19-6-9-21(10-7-19)38(36,37)33-22-16-20(8-11-23(22)34)31-24(35)32-25(26(28,29)30)14-12-18(13-15-25)17-4-2-1-3-5-17/h1-14,16,33-34H,15H2,(H2,31,32,35). The number of phenolic OH excluding ortho intramolecular Hbond substituents is 1. The number of amides is 2. The molecule has 0 heterocycles. The third kappa shape index (κ3) is 5.80. The summed E-state index contributed by atoms with van der Waals surface area (Å²) in [7, 11) is -4.25. The summed E-state index contributed by atoms with van der Waals surface area (Å²) in [5.74, 6) is -1.16. The molecule has 1 atom stereocenters. The van der Waals surface area contributed by atoms with Crippen molar-refractivity contribution in [1.29, 1.82) is 0 Å². The molecule has 1 aliphatic rings. The maximum atomic E-state index is 14.1. The highest BCUT2D eigenvalue weighted by Gasteiger charge is 2.54. The molecule has 7 nitrogen and oxygen atoms in total. The van der Waals surface area contributed by atoms with Crippen LogP contribution in [0.25, 0.3) is 5.57 Å². The van der Waals surface area contributed by atoms with Gasteiger partial charge in [0.05, 0.1) is 10.6 Å². The Bertz CT molecular complexity index is 1510. The topological polar surface area (TPSA) is 108 Å². The van der Waals surface area contributed by atoms with Crippen molar-refractivity contribution in [3.8, 4) is 5.75 Å². The van der Waals surface area contributed by atoms with E-state index in [4.69, 9.17) is 0 Å². The van der Waals surface area contributed by atoms with Crippen LogP contribution in [0.15, 0.2) is 95.9 Å². The van der Waals surface area contributed by atoms with E-state index >= 15 is 0 Å². The van der Waals surface area contributed by atoms with Crippen LogP contribution >= 0.6 is 0 Å². The molecule has 0 radical (unpaired) electrons. The number of aromatic hydroxyl groups is 1. The van der Waals surface area contributed by atoms with Crippen molar-refractivity contribution in [3.63, 3.8) is 0 Å². The summed E-state index contributed by atoms with van der Waals surface area (Å²) < 4.78 is 82.5. The Morgan fingerprint density at radius 2 is 1.66 bits per heavy atom. The number of phenols is 1. The molecule has 12 heteroatoms. The van der Waals surface area contributed by atoms with E-state index in [1.807, 2.05) is 5.32 Å². The largest absolute Gasteiger partial charge is 0.506 e. The first-order valence-electron chi connectivity index (χ1n) is 11.1. The van der Waals surface area contributed by atoms with Gasteiger partial charge in [0.25, 0.3) is 10.0 Å². The summed E-state index contributed by atoms with van der Waals surface area (Å²) in [6.45, 7) is 0. The van der Waals surface area contributed by atoms with Crippen LogP contribution in [0.1, 0.15) is 12.0 Å². The van der Waals surface area contributed by atoms with Crippen LogP contribution in [0.3, 0.4) is 0 Å². The minimum Gasteiger partial charge on any atom is -0.506 e. The predicted octanol–water partition coefficient (Wildman–Crippen LogP) is 5.80. The van der Waals surface area contributed by atoms with Crippen LogP contribution in [0.4, 0.5) is 33.7 Å². The van der Waals surface area contributed by atoms with Gasteiger partial charge >= 0.3 is 12.2 Å². The molecule has 0 saturated carbocycles. The second-order valence-electron chi connectivity index (χ2n) is 8.40. The minimum absolute atomic E-state index is 0.102. The fourth-order valence-electron chi connectivity index (χ4n) is 3.74. The lowest BCUT2D eigenvalue weighted by molar-refractivity contribution is -0.177. The molecule has 0 bridgehead atoms. The van der Waals surface area contributed by atoms with E-state index in [1.54, 1.807) is 30.3 Å². The molecule has 1 unspecified atom stereocenters. The fraction of sp³-hybridized carbons (Fsp3) is 0.115. The van der Waals surface area contributed by atoms with E-state index in [0.29, 0.717) is 5.57 Å². The van der Waals surface area contributed by atoms with Gasteiger partial charge in [0, 0.05) is 12.1 Å². The van der Waals surface area contributed by atoms with Gasteiger partial charge in [-0.15, -0.1) is 0 Å². The van der Waals surface area contributed by atoms with Crippen LogP contribution in [-0.2, 0) is 10.0 Å². The number of sulfonamides is 1. The number of alkyl halides is 3. The quantitative estimate of drug-likeness (QED) is 0.178. The Labute approximate surface area is 215 Å². The van der Waals surface area contributed by atoms with Crippen molar-refractivity contribution in [3.05, 3.63) is 102 Å². The van der Waals surface area contributed by atoms with E-state index in [9.17, 15) is 35.9 Å². The Kier molecular flexibility index (Phi) is 7.18. The number of rotatable bonds is 6. The Morgan fingerprint density at radius 3 is 2.26 bits per heavy atom. The van der Waals surface area contributed by atoms with Crippen LogP contribution < -0.4 is 15.4 Å². The number of hydrogen-bond acceptors (Lipinski definition) is 4. The lowest BCUT2D eigenvalue weighted by Crippen LogP contribution is -2.58. The summed E-state index contributed by atoms with van der Waals surface area (Å²) in [4.78, 5) is 12.3. The van der Waals surface area contributed by atoms with Crippen molar-refractivity contribution < 1.29 is 35.9 Å². The number of hydrogen-bond donors (Lipinski definition) is 4. The molecule has 3 aromatic carbocycles. The molecule has 2 amide bonds. The zero-order valence-corrected chi connectivity index (χ0v) is 20.3. The summed E-state index contributed by atoms with van der Waals surface area (Å²) in [6, 6.07) is 14.7. The van der Waals surface area contributed by atoms with Gasteiger partial charge in [-0.05, 0) is 59.7 Å². The molecule has 0 aromatic heterocycles. The van der Waals surface area contributed by atoms with Crippen molar-refractivity contribution in [2.75, 3.05) is 10.0 Å². The van der Waals surface area contributed by atoms with Gasteiger partial charge in [0.2, 0.25) is 0 Å². The zero-order chi connectivity index (χ0) is 27.6. The maximum Gasteiger partial charge on any atom is 0.415 e. The Balaban J connectivity index is 1.50. The number of nitrogens with one attached hydrogen (secondary N) is 3. The van der Waals surface area contributed by atoms with E-state index in [-0.39, 0.29) is 16.3 Å². The van der Waals surface area contributed by atoms with Crippen molar-refractivity contribution in [2.24, 2.45) is 0 Å². The first kappa shape index (κ1) is 26.7. The third-order valence-electron chi connectivity index (χ3n) is 5.76. The summed E-state index contributed by atoms with van der Waals surface area (Å²) in [6.07, 6.45) is -1.83. The van der Waals surface area contributed by atoms with Crippen molar-refractivity contribution in [1.82, 2.24) is 5.32 Å². The van der Waals surface area contributed by atoms with Gasteiger partial charge in [-0.2, -0.15) is 13.2 Å². The third-order valence-corrected chi connectivity index (χ3v) is 7.15. The van der Waals surface area contributed by atoms with Crippen molar-refractivity contribution in [2.45, 2.75) is 23.0 Å². The number of urea groups is 1. The summed E-state index contributed by atoms with van der Waals surface area (Å²) >= 11 is 0. The van der Waals surface area contributed by atoms with E-state index < -0.39 is 45.8 Å². The summed E-state index contributed by atoms with van der Waals surface area (Å²) in [5.41, 5.74) is -1.84. The number of allylic oxidation sites excluding steroid dienone is 2. The SMILES string of the molecule is O=C(Nc1ccc(O)c(NS(=O)(=O)c2ccc(F)cc2)c1)NC1(C(F)(F)F)C=CC(c2ccccc2)=CC1. The zero-order valence-electron chi connectivity index (χ0n) is 19.5. The minimum atomic E-state index is -4.83. The van der Waals surface area contributed by atoms with Crippen LogP contribution in [0, 0.1) is 5.82 Å². The summed E-state index contributed by atoms with van der Waals surface area (Å²) in [5, 5.41) is 14.3. The van der Waals surface area contributed by atoms with Gasteiger partial charge in [-0.1, -0.05) is 42.5 Å². The van der Waals surface area contributed by atoms with Crippen LogP contribution in [0.2, 0.25) is 0 Å². The molecule has 198 valence electrons. The predicted molar refractivity (Wildman–Crippen MR) is 134 cm³/mol. The van der Waals surface area contributed by atoms with Gasteiger partial charge in [-0.25, -0.2) is 17.6 Å². The number of halogens is 4. The average molecular weight is 548 g/mol. The molecular formula is C26H21F4N3O4S. The number of carbonyl (C=O) groups excluding carboxylic acids is 1. The van der Waals surface area contributed by atoms with Crippen LogP contribution in [0.5, 0.6) is 5.75 Å². The molecule has 1 aliphatic carbocycles. The first-order valence-corrected chi connectivity index (χ1v) is 12.6. The van der Waals surface area contributed by atoms with E-state index in [2.05, 4.69) is 10.0 Å².